The maximum absolute atomic E-state index is 4.83. The molecule has 4 nitrogen and oxygen atoms in total. The van der Waals surface area contributed by atoms with Gasteiger partial charge in [-0.1, -0.05) is 12.1 Å². The van der Waals surface area contributed by atoms with Crippen LogP contribution in [-0.4, -0.2) is 11.4 Å². The quantitative estimate of drug-likeness (QED) is 0.532. The summed E-state index contributed by atoms with van der Waals surface area (Å²) in [4.78, 5) is 9.65. The number of rotatable bonds is 0. The molecule has 0 saturated heterocycles. The van der Waals surface area contributed by atoms with Crippen molar-refractivity contribution in [2.24, 2.45) is 9.98 Å². The summed E-state index contributed by atoms with van der Waals surface area (Å²) < 4.78 is 0. The van der Waals surface area contributed by atoms with Gasteiger partial charge in [0.15, 0.2) is 0 Å². The number of hydrogen-bond donors (Lipinski definition) is 2. The minimum Gasteiger partial charge on any atom is -0.357 e. The molecule has 1 aliphatic heterocycles. The van der Waals surface area contributed by atoms with Gasteiger partial charge in [0.05, 0.1) is 22.7 Å². The van der Waals surface area contributed by atoms with E-state index < -0.39 is 0 Å². The molecule has 2 aromatic rings. The van der Waals surface area contributed by atoms with Gasteiger partial charge in [0.1, 0.15) is 0 Å². The minimum atomic E-state index is 0.919. The van der Waals surface area contributed by atoms with Gasteiger partial charge in [-0.3, -0.25) is 9.98 Å². The first kappa shape index (κ1) is 19.6. The summed E-state index contributed by atoms with van der Waals surface area (Å²) in [5.41, 5.74) is 10.1. The van der Waals surface area contributed by atoms with Gasteiger partial charge >= 0.3 is 0 Å². The summed E-state index contributed by atoms with van der Waals surface area (Å²) in [6, 6.07) is 12.5. The van der Waals surface area contributed by atoms with Crippen LogP contribution in [0.3, 0.4) is 0 Å². The molecule has 0 radical (unpaired) electrons. The highest BCUT2D eigenvalue weighted by molar-refractivity contribution is 5.98. The first-order valence-electron chi connectivity index (χ1n) is 9.53. The Labute approximate surface area is 167 Å². The van der Waals surface area contributed by atoms with Crippen LogP contribution in [0.15, 0.2) is 69.9 Å². The smallest absolute Gasteiger partial charge is 0.0867 e. The zero-order chi connectivity index (χ0) is 20.3. The van der Waals surface area contributed by atoms with Gasteiger partial charge in [0.2, 0.25) is 0 Å². The van der Waals surface area contributed by atoms with Crippen LogP contribution < -0.4 is 10.6 Å². The third-order valence-corrected chi connectivity index (χ3v) is 4.41. The molecule has 0 aromatic heterocycles. The van der Waals surface area contributed by atoms with Crippen LogP contribution in [0.25, 0.3) is 0 Å². The average Bonchev–Trinajstić information content (AvgIpc) is 2.58. The lowest BCUT2D eigenvalue weighted by Crippen LogP contribution is -2.02. The Kier molecular flexibility index (Phi) is 5.78. The second-order valence-electron chi connectivity index (χ2n) is 7.45. The molecule has 0 spiro atoms. The molecule has 3 rings (SSSR count). The Balaban J connectivity index is 2.16. The van der Waals surface area contributed by atoms with Crippen molar-refractivity contribution in [2.45, 2.75) is 41.5 Å². The summed E-state index contributed by atoms with van der Waals surface area (Å²) in [6.07, 6.45) is 4.11. The van der Waals surface area contributed by atoms with Gasteiger partial charge in [-0.15, -0.1) is 0 Å². The monoisotopic (exact) mass is 372 g/mol. The molecule has 0 fully saturated rings. The van der Waals surface area contributed by atoms with E-state index in [-0.39, 0.29) is 0 Å². The summed E-state index contributed by atoms with van der Waals surface area (Å²) >= 11 is 0. The van der Waals surface area contributed by atoms with Crippen LogP contribution in [-0.2, 0) is 0 Å². The standard InChI is InChI=1S/C24H28N4/c1-15-7-9-21-23(11-15)27-19(5)13-18(4)26-22-10-8-16(2)12-24(22)28-20(6)14-17(3)25-21/h7-14,27-28H,1-6H3/b19-13-,20-14-,25-17?,26-18?. The summed E-state index contributed by atoms with van der Waals surface area (Å²) in [5.74, 6) is 0. The molecule has 0 saturated carbocycles. The minimum absolute atomic E-state index is 0.919. The highest BCUT2D eigenvalue weighted by Gasteiger charge is 2.07. The first-order valence-corrected chi connectivity index (χ1v) is 9.53. The van der Waals surface area contributed by atoms with E-state index in [2.05, 4.69) is 73.0 Å². The van der Waals surface area contributed by atoms with Crippen LogP contribution in [0.4, 0.5) is 22.7 Å². The maximum atomic E-state index is 4.83. The molecular formula is C24H28N4. The molecule has 144 valence electrons. The van der Waals surface area contributed by atoms with Gasteiger partial charge in [-0.2, -0.15) is 0 Å². The van der Waals surface area contributed by atoms with Gasteiger partial charge in [0.25, 0.3) is 0 Å². The Morgan fingerprint density at radius 2 is 0.964 bits per heavy atom. The number of aryl methyl sites for hydroxylation is 2. The van der Waals surface area contributed by atoms with E-state index in [1.165, 1.54) is 11.1 Å². The lowest BCUT2D eigenvalue weighted by molar-refractivity contribution is 1.32. The molecule has 28 heavy (non-hydrogen) atoms. The van der Waals surface area contributed by atoms with Crippen molar-refractivity contribution in [1.82, 2.24) is 0 Å². The van der Waals surface area contributed by atoms with Crippen molar-refractivity contribution in [3.05, 3.63) is 71.1 Å². The predicted molar refractivity (Wildman–Crippen MR) is 123 cm³/mol. The number of nitrogens with zero attached hydrogens (tertiary/aromatic N) is 2. The van der Waals surface area contributed by atoms with E-state index in [4.69, 9.17) is 9.98 Å². The molecular weight excluding hydrogens is 344 g/mol. The van der Waals surface area contributed by atoms with E-state index in [1.807, 2.05) is 27.7 Å². The molecule has 2 aromatic carbocycles. The molecule has 0 amide bonds. The van der Waals surface area contributed by atoms with E-state index in [1.54, 1.807) is 0 Å². The normalized spacial score (nSPS) is 18.5. The van der Waals surface area contributed by atoms with Crippen molar-refractivity contribution >= 4 is 34.2 Å². The molecule has 1 heterocycles. The number of fused-ring (bicyclic) bond motifs is 2. The number of benzene rings is 2. The van der Waals surface area contributed by atoms with Crippen LogP contribution in [0.1, 0.15) is 38.8 Å². The topological polar surface area (TPSA) is 48.8 Å². The summed E-state index contributed by atoms with van der Waals surface area (Å²) in [5, 5.41) is 6.97. The molecule has 0 aliphatic carbocycles. The highest BCUT2D eigenvalue weighted by atomic mass is 14.9. The van der Waals surface area contributed by atoms with Gasteiger partial charge in [-0.25, -0.2) is 0 Å². The Morgan fingerprint density at radius 1 is 0.571 bits per heavy atom. The van der Waals surface area contributed by atoms with Crippen LogP contribution in [0, 0.1) is 13.8 Å². The maximum Gasteiger partial charge on any atom is 0.0867 e. The fraction of sp³-hybridized carbons (Fsp3) is 0.250. The fourth-order valence-corrected chi connectivity index (χ4v) is 3.26. The first-order chi connectivity index (χ1) is 13.3. The van der Waals surface area contributed by atoms with Crippen LogP contribution >= 0.6 is 0 Å². The van der Waals surface area contributed by atoms with Crippen LogP contribution in [0.2, 0.25) is 0 Å². The van der Waals surface area contributed by atoms with Crippen molar-refractivity contribution < 1.29 is 0 Å². The predicted octanol–water partition coefficient (Wildman–Crippen LogP) is 6.83. The number of anilines is 2. The van der Waals surface area contributed by atoms with Crippen molar-refractivity contribution in [1.29, 1.82) is 0 Å². The van der Waals surface area contributed by atoms with E-state index in [9.17, 15) is 0 Å². The average molecular weight is 373 g/mol. The SMILES string of the molecule is CC1=Nc2ccc(C)cc2N/C(C)=C\C(C)=Nc2ccc(C)cc2N/C(C)=C\1. The molecule has 4 heteroatoms. The Hall–Kier alpha value is -3.14. The largest absolute Gasteiger partial charge is 0.357 e. The third kappa shape index (κ3) is 4.97. The zero-order valence-corrected chi connectivity index (χ0v) is 17.5. The van der Waals surface area contributed by atoms with Gasteiger partial charge in [-0.05, 0) is 89.1 Å². The number of allylic oxidation sites excluding steroid dienone is 4. The Bertz CT molecular complexity index is 939. The van der Waals surface area contributed by atoms with Gasteiger partial charge in [0, 0.05) is 22.8 Å². The van der Waals surface area contributed by atoms with Crippen molar-refractivity contribution in [2.75, 3.05) is 10.6 Å². The van der Waals surface area contributed by atoms with Crippen LogP contribution in [0.5, 0.6) is 0 Å². The summed E-state index contributed by atoms with van der Waals surface area (Å²) in [7, 11) is 0. The zero-order valence-electron chi connectivity index (χ0n) is 17.5. The summed E-state index contributed by atoms with van der Waals surface area (Å²) in [6.45, 7) is 12.3. The number of aliphatic imine (C=N–C) groups is 2. The second-order valence-corrected chi connectivity index (χ2v) is 7.45. The third-order valence-electron chi connectivity index (χ3n) is 4.41. The van der Waals surface area contributed by atoms with Gasteiger partial charge < -0.3 is 10.6 Å². The number of nitrogens with one attached hydrogen (secondary N) is 2. The van der Waals surface area contributed by atoms with E-state index >= 15 is 0 Å². The lowest BCUT2D eigenvalue weighted by Gasteiger charge is -2.14. The molecule has 2 N–H and O–H groups in total. The molecule has 1 aliphatic rings. The molecule has 0 unspecified atom stereocenters. The molecule has 0 atom stereocenters. The van der Waals surface area contributed by atoms with E-state index in [0.29, 0.717) is 0 Å². The molecule has 0 bridgehead atoms. The second kappa shape index (κ2) is 8.26. The van der Waals surface area contributed by atoms with E-state index in [0.717, 1.165) is 45.6 Å². The fourth-order valence-electron chi connectivity index (χ4n) is 3.26. The van der Waals surface area contributed by atoms with Crippen molar-refractivity contribution in [3.63, 3.8) is 0 Å². The lowest BCUT2D eigenvalue weighted by atomic mass is 10.1. The van der Waals surface area contributed by atoms with Crippen molar-refractivity contribution in [3.8, 4) is 0 Å². The Morgan fingerprint density at radius 3 is 1.36 bits per heavy atom. The highest BCUT2D eigenvalue weighted by Crippen LogP contribution is 2.30. The number of hydrogen-bond acceptors (Lipinski definition) is 4.